The molecule has 4 nitrogen and oxygen atoms in total. The second kappa shape index (κ2) is 4.34. The first-order chi connectivity index (χ1) is 9.80. The van der Waals surface area contributed by atoms with Gasteiger partial charge >= 0.3 is 12.1 Å². The number of benzene rings is 1. The molecule has 0 atom stereocenters. The van der Waals surface area contributed by atoms with Crippen molar-refractivity contribution in [3.05, 3.63) is 30.0 Å². The first-order valence-corrected chi connectivity index (χ1v) is 6.33. The number of rotatable bonds is 0. The lowest BCUT2D eigenvalue weighted by Gasteiger charge is -2.16. The van der Waals surface area contributed by atoms with Crippen molar-refractivity contribution < 1.29 is 22.8 Å². The minimum absolute atomic E-state index is 0.157. The summed E-state index contributed by atoms with van der Waals surface area (Å²) in [7, 11) is 0. The van der Waals surface area contributed by atoms with Gasteiger partial charge in [0.1, 0.15) is 0 Å². The van der Waals surface area contributed by atoms with Crippen LogP contribution in [0.5, 0.6) is 0 Å². The summed E-state index contributed by atoms with van der Waals surface area (Å²) in [6.45, 7) is 1.91. The number of amides is 1. The van der Waals surface area contributed by atoms with Crippen LogP contribution in [0.2, 0.25) is 0 Å². The Hall–Kier alpha value is -2.31. The number of alkyl halides is 3. The normalized spacial score (nSPS) is 14.6. The van der Waals surface area contributed by atoms with Crippen LogP contribution in [0.1, 0.15) is 17.3 Å². The molecule has 0 radical (unpaired) electrons. The molecule has 0 saturated carbocycles. The fraction of sp³-hybridized carbons (Fsp3) is 0.286. The highest BCUT2D eigenvalue weighted by Gasteiger charge is 2.40. The highest BCUT2D eigenvalue weighted by atomic mass is 19.4. The standard InChI is InChI=1S/C14H11F3N2O2/c1-8(20)18-6-4-9-2-3-11-10(12(9)18)5-7-19(11)13(21)14(15,16)17/h2-3,5,7H,4,6H2,1H3. The monoisotopic (exact) mass is 296 g/mol. The predicted octanol–water partition coefficient (Wildman–Crippen LogP) is 2.75. The summed E-state index contributed by atoms with van der Waals surface area (Å²) in [4.78, 5) is 24.6. The number of hydrogen-bond donors (Lipinski definition) is 0. The van der Waals surface area contributed by atoms with Gasteiger partial charge in [0.15, 0.2) is 0 Å². The van der Waals surface area contributed by atoms with Crippen molar-refractivity contribution in [2.24, 2.45) is 0 Å². The van der Waals surface area contributed by atoms with Gasteiger partial charge in [0.25, 0.3) is 0 Å². The Labute approximate surface area is 117 Å². The van der Waals surface area contributed by atoms with Gasteiger partial charge in [-0.2, -0.15) is 13.2 Å². The van der Waals surface area contributed by atoms with Crippen LogP contribution in [-0.4, -0.2) is 29.1 Å². The molecule has 0 N–H and O–H groups in total. The number of aromatic nitrogens is 1. The van der Waals surface area contributed by atoms with Gasteiger partial charge in [-0.3, -0.25) is 14.2 Å². The third kappa shape index (κ3) is 2.00. The lowest BCUT2D eigenvalue weighted by atomic mass is 10.1. The third-order valence-corrected chi connectivity index (χ3v) is 3.64. The van der Waals surface area contributed by atoms with Gasteiger partial charge in [-0.05, 0) is 24.1 Å². The highest BCUT2D eigenvalue weighted by Crippen LogP contribution is 2.37. The van der Waals surface area contributed by atoms with Crippen LogP contribution in [0, 0.1) is 0 Å². The van der Waals surface area contributed by atoms with E-state index in [-0.39, 0.29) is 11.4 Å². The van der Waals surface area contributed by atoms with E-state index in [0.717, 1.165) is 11.8 Å². The molecule has 1 amide bonds. The van der Waals surface area contributed by atoms with Gasteiger partial charge in [-0.1, -0.05) is 6.07 Å². The summed E-state index contributed by atoms with van der Waals surface area (Å²) >= 11 is 0. The summed E-state index contributed by atoms with van der Waals surface area (Å²) in [5, 5.41) is 0.484. The van der Waals surface area contributed by atoms with Crippen LogP contribution >= 0.6 is 0 Å². The molecule has 1 aliphatic rings. The molecule has 1 aromatic carbocycles. The molecule has 2 aromatic rings. The third-order valence-electron chi connectivity index (χ3n) is 3.64. The van der Waals surface area contributed by atoms with Crippen molar-refractivity contribution in [1.29, 1.82) is 0 Å². The van der Waals surface area contributed by atoms with Crippen LogP contribution in [0.4, 0.5) is 18.9 Å². The van der Waals surface area contributed by atoms with Crippen LogP contribution in [-0.2, 0) is 11.2 Å². The maximum absolute atomic E-state index is 12.6. The zero-order chi connectivity index (χ0) is 15.4. The Morgan fingerprint density at radius 1 is 1.19 bits per heavy atom. The molecule has 110 valence electrons. The minimum Gasteiger partial charge on any atom is -0.311 e. The van der Waals surface area contributed by atoms with Crippen LogP contribution < -0.4 is 4.90 Å². The van der Waals surface area contributed by atoms with Gasteiger partial charge in [0.2, 0.25) is 5.91 Å². The Bertz CT molecular complexity index is 761. The first kappa shape index (κ1) is 13.7. The van der Waals surface area contributed by atoms with Crippen LogP contribution in [0.25, 0.3) is 10.9 Å². The number of anilines is 1. The first-order valence-electron chi connectivity index (χ1n) is 6.33. The van der Waals surface area contributed by atoms with Gasteiger partial charge in [-0.25, -0.2) is 0 Å². The fourth-order valence-corrected chi connectivity index (χ4v) is 2.74. The molecule has 0 bridgehead atoms. The van der Waals surface area contributed by atoms with Crippen molar-refractivity contribution in [2.45, 2.75) is 19.5 Å². The summed E-state index contributed by atoms with van der Waals surface area (Å²) in [5.41, 5.74) is 1.66. The Balaban J connectivity index is 2.21. The lowest BCUT2D eigenvalue weighted by molar-refractivity contribution is -0.116. The van der Waals surface area contributed by atoms with Gasteiger partial charge < -0.3 is 4.90 Å². The number of fused-ring (bicyclic) bond motifs is 3. The SMILES string of the molecule is CC(=O)N1CCc2ccc3c(ccn3C(=O)C(F)(F)F)c21. The van der Waals surface area contributed by atoms with E-state index in [1.165, 1.54) is 24.0 Å². The van der Waals surface area contributed by atoms with Gasteiger partial charge in [0.05, 0.1) is 11.2 Å². The van der Waals surface area contributed by atoms with Crippen molar-refractivity contribution >= 4 is 28.4 Å². The highest BCUT2D eigenvalue weighted by molar-refractivity contribution is 6.07. The number of nitrogens with zero attached hydrogens (tertiary/aromatic N) is 2. The van der Waals surface area contributed by atoms with E-state index in [4.69, 9.17) is 0 Å². The molecule has 0 saturated heterocycles. The van der Waals surface area contributed by atoms with E-state index in [1.54, 1.807) is 6.07 Å². The van der Waals surface area contributed by atoms with Gasteiger partial charge in [-0.15, -0.1) is 0 Å². The van der Waals surface area contributed by atoms with Crippen molar-refractivity contribution in [3.63, 3.8) is 0 Å². The Morgan fingerprint density at radius 3 is 2.52 bits per heavy atom. The molecule has 0 fully saturated rings. The van der Waals surface area contributed by atoms with Crippen molar-refractivity contribution in [1.82, 2.24) is 4.57 Å². The zero-order valence-corrected chi connectivity index (χ0v) is 11.1. The quantitative estimate of drug-likeness (QED) is 0.750. The molecule has 7 heteroatoms. The number of carbonyl (C=O) groups excluding carboxylic acids is 2. The van der Waals surface area contributed by atoms with E-state index in [9.17, 15) is 22.8 Å². The molecule has 1 aromatic heterocycles. The zero-order valence-electron chi connectivity index (χ0n) is 11.1. The van der Waals surface area contributed by atoms with Crippen LogP contribution in [0.15, 0.2) is 24.4 Å². The smallest absolute Gasteiger partial charge is 0.311 e. The molecule has 0 aliphatic carbocycles. The molecule has 21 heavy (non-hydrogen) atoms. The van der Waals surface area contributed by atoms with E-state index >= 15 is 0 Å². The van der Waals surface area contributed by atoms with Crippen molar-refractivity contribution in [2.75, 3.05) is 11.4 Å². The summed E-state index contributed by atoms with van der Waals surface area (Å²) in [6.07, 6.45) is -3.19. The van der Waals surface area contributed by atoms with E-state index < -0.39 is 12.1 Å². The van der Waals surface area contributed by atoms with E-state index in [0.29, 0.717) is 28.6 Å². The average molecular weight is 296 g/mol. The van der Waals surface area contributed by atoms with Crippen molar-refractivity contribution in [3.8, 4) is 0 Å². The average Bonchev–Trinajstić information content (AvgIpc) is 2.99. The molecule has 0 unspecified atom stereocenters. The second-order valence-corrected chi connectivity index (χ2v) is 4.92. The number of carbonyl (C=O) groups is 2. The van der Waals surface area contributed by atoms with Gasteiger partial charge in [0, 0.05) is 25.1 Å². The molecular formula is C14H11F3N2O2. The summed E-state index contributed by atoms with van der Waals surface area (Å²) < 4.78 is 38.3. The Kier molecular flexibility index (Phi) is 2.82. The summed E-state index contributed by atoms with van der Waals surface area (Å²) in [5.74, 6) is -2.11. The molecule has 3 rings (SSSR count). The molecule has 2 heterocycles. The molecular weight excluding hydrogens is 285 g/mol. The largest absolute Gasteiger partial charge is 0.472 e. The second-order valence-electron chi connectivity index (χ2n) is 4.92. The predicted molar refractivity (Wildman–Crippen MR) is 70.4 cm³/mol. The summed E-state index contributed by atoms with van der Waals surface area (Å²) in [6, 6.07) is 4.60. The number of halogens is 3. The molecule has 0 spiro atoms. The number of hydrogen-bond acceptors (Lipinski definition) is 2. The maximum atomic E-state index is 12.6. The fourth-order valence-electron chi connectivity index (χ4n) is 2.74. The maximum Gasteiger partial charge on any atom is 0.472 e. The topological polar surface area (TPSA) is 42.3 Å². The minimum atomic E-state index is -4.94. The van der Waals surface area contributed by atoms with E-state index in [2.05, 4.69) is 0 Å². The van der Waals surface area contributed by atoms with Crippen LogP contribution in [0.3, 0.4) is 0 Å². The lowest BCUT2D eigenvalue weighted by Crippen LogP contribution is -2.28. The van der Waals surface area contributed by atoms with E-state index in [1.807, 2.05) is 0 Å². The molecule has 1 aliphatic heterocycles. The Morgan fingerprint density at radius 2 is 1.90 bits per heavy atom.